The molecule has 0 aliphatic rings. The zero-order valence-corrected chi connectivity index (χ0v) is 41.3. The van der Waals surface area contributed by atoms with Crippen LogP contribution in [0.4, 0.5) is 5.82 Å². The minimum atomic E-state index is -0.0394. The lowest BCUT2D eigenvalue weighted by Crippen LogP contribution is -2.03. The van der Waals surface area contributed by atoms with Crippen molar-refractivity contribution < 1.29 is 9.59 Å². The number of carbonyl (C=O) groups is 2. The Morgan fingerprint density at radius 2 is 1.19 bits per heavy atom. The first-order valence-electron chi connectivity index (χ1n) is 19.7. The van der Waals surface area contributed by atoms with E-state index in [4.69, 9.17) is 5.73 Å². The standard InChI is InChI=1S/C13H13N3S.C9H13NOS.C8H11NOS.C6H9NS.C5H6N2.2C2H6/c1-8-10(3)17-13(15-8)12-9(2)14-11-6-4-5-7-16(11)12;1-5(7(3)11)9-10-6(2)8(4)12-9;1-5(10)4-8-9-6(2)7(3)11-8;1-4-5(2)8-6(3)7-4;6-5-3-1-2-4-7-5;2*1-2/h4-7H,1-3H3;5H,1-4H3;4H2,1-3H3;1-3H3;1-4H,(H2,6,7);2*1-2H3. The smallest absolute Gasteiger partial charge is 0.142 e. The number of Topliss-reactive ketones (excluding diaryl/α,β-unsaturated/α-hetero) is 2. The number of nitrogens with two attached hydrogens (primary N) is 1. The van der Waals surface area contributed by atoms with E-state index in [-0.39, 0.29) is 17.5 Å². The maximum absolute atomic E-state index is 11.0. The highest BCUT2D eigenvalue weighted by Gasteiger charge is 2.16. The third-order valence-corrected chi connectivity index (χ3v) is 12.7. The van der Waals surface area contributed by atoms with Crippen LogP contribution in [0.5, 0.6) is 0 Å². The van der Waals surface area contributed by atoms with Crippen molar-refractivity contribution in [2.45, 2.75) is 130 Å². The number of nitrogen functional groups attached to an aromatic ring is 1. The number of nitrogens with zero attached hydrogens (tertiary/aromatic N) is 7. The molecule has 0 spiro atoms. The van der Waals surface area contributed by atoms with Crippen LogP contribution < -0.4 is 5.73 Å². The molecule has 1 atom stereocenters. The largest absolute Gasteiger partial charge is 0.384 e. The van der Waals surface area contributed by atoms with Gasteiger partial charge in [-0.15, -0.1) is 45.3 Å². The summed E-state index contributed by atoms with van der Waals surface area (Å²) in [5.41, 5.74) is 12.7. The Hall–Kier alpha value is -4.50. The maximum atomic E-state index is 11.0. The summed E-state index contributed by atoms with van der Waals surface area (Å²) >= 11 is 6.72. The SMILES string of the molecule is CC.CC.CC(=O)C(C)c1nc(C)c(C)s1.CC(=O)Cc1nc(C)c(C)s1.Cc1nc(-c2c(C)nc3ccccn23)sc1C.Cc1nc(C)c(C)s1.Nc1ccccn1. The molecule has 10 nitrogen and oxygen atoms in total. The second-order valence-corrected chi connectivity index (χ2v) is 18.1. The van der Waals surface area contributed by atoms with Crippen molar-refractivity contribution in [3.63, 3.8) is 0 Å². The Morgan fingerprint density at radius 1 is 0.644 bits per heavy atom. The van der Waals surface area contributed by atoms with E-state index >= 15 is 0 Å². The maximum Gasteiger partial charge on any atom is 0.142 e. The molecule has 59 heavy (non-hydrogen) atoms. The molecule has 0 aliphatic heterocycles. The number of pyridine rings is 2. The van der Waals surface area contributed by atoms with Gasteiger partial charge in [0.2, 0.25) is 0 Å². The van der Waals surface area contributed by atoms with Gasteiger partial charge in [0.1, 0.15) is 43.7 Å². The zero-order valence-electron chi connectivity index (χ0n) is 38.1. The highest BCUT2D eigenvalue weighted by atomic mass is 32.1. The highest BCUT2D eigenvalue weighted by molar-refractivity contribution is 7.15. The molecule has 0 radical (unpaired) electrons. The second-order valence-electron chi connectivity index (χ2n) is 12.9. The molecule has 0 fully saturated rings. The first-order chi connectivity index (χ1) is 27.9. The van der Waals surface area contributed by atoms with Crippen LogP contribution in [0.25, 0.3) is 16.3 Å². The van der Waals surface area contributed by atoms with E-state index in [0.29, 0.717) is 12.2 Å². The minimum Gasteiger partial charge on any atom is -0.384 e. The summed E-state index contributed by atoms with van der Waals surface area (Å²) in [5, 5.41) is 4.10. The first kappa shape index (κ1) is 52.5. The molecule has 0 bridgehead atoms. The lowest BCUT2D eigenvalue weighted by Gasteiger charge is -2.00. The second kappa shape index (κ2) is 26.6. The van der Waals surface area contributed by atoms with Crippen molar-refractivity contribution >= 4 is 68.4 Å². The Morgan fingerprint density at radius 3 is 1.58 bits per heavy atom. The molecular formula is C45H64N8O2S4. The van der Waals surface area contributed by atoms with Crippen LogP contribution in [0, 0.1) is 69.2 Å². The van der Waals surface area contributed by atoms with E-state index in [1.807, 2.05) is 127 Å². The molecule has 7 heterocycles. The average Bonchev–Trinajstić information content (AvgIpc) is 3.98. The van der Waals surface area contributed by atoms with E-state index in [2.05, 4.69) is 48.2 Å². The van der Waals surface area contributed by atoms with Gasteiger partial charge in [0.25, 0.3) is 0 Å². The summed E-state index contributed by atoms with van der Waals surface area (Å²) in [6, 6.07) is 11.5. The Kier molecular flexibility index (Phi) is 23.6. The van der Waals surface area contributed by atoms with Crippen molar-refractivity contribution in [1.82, 2.24) is 34.3 Å². The summed E-state index contributed by atoms with van der Waals surface area (Å²) < 4.78 is 2.10. The molecular weight excluding hydrogens is 813 g/mol. The third-order valence-electron chi connectivity index (χ3n) is 8.26. The average molecular weight is 877 g/mol. The molecule has 0 aliphatic carbocycles. The van der Waals surface area contributed by atoms with Crippen molar-refractivity contribution in [3.05, 3.63) is 112 Å². The van der Waals surface area contributed by atoms with Crippen molar-refractivity contribution in [2.24, 2.45) is 0 Å². The number of thiazole rings is 4. The summed E-state index contributed by atoms with van der Waals surface area (Å²) in [7, 11) is 0. The van der Waals surface area contributed by atoms with Gasteiger partial charge < -0.3 is 5.73 Å². The van der Waals surface area contributed by atoms with Crippen LogP contribution in [0.2, 0.25) is 0 Å². The monoisotopic (exact) mass is 876 g/mol. The van der Waals surface area contributed by atoms with Crippen LogP contribution in [0.3, 0.4) is 0 Å². The Labute approximate surface area is 368 Å². The Bertz CT molecular complexity index is 2240. The van der Waals surface area contributed by atoms with E-state index in [1.165, 1.54) is 30.2 Å². The van der Waals surface area contributed by atoms with E-state index < -0.39 is 0 Å². The fraction of sp³-hybridized carbons (Fsp3) is 0.422. The minimum absolute atomic E-state index is 0.0394. The molecule has 7 rings (SSSR count). The number of carbonyl (C=O) groups excluding carboxylic acids is 2. The zero-order chi connectivity index (χ0) is 45.0. The number of aromatic nitrogens is 7. The fourth-order valence-corrected chi connectivity index (χ4v) is 8.50. The number of hydrogen-bond donors (Lipinski definition) is 1. The topological polar surface area (TPSA) is 142 Å². The highest BCUT2D eigenvalue weighted by Crippen LogP contribution is 2.30. The number of anilines is 1. The van der Waals surface area contributed by atoms with Gasteiger partial charge in [-0.2, -0.15) is 0 Å². The van der Waals surface area contributed by atoms with Gasteiger partial charge in [-0.25, -0.2) is 29.9 Å². The molecule has 7 aromatic rings. The lowest BCUT2D eigenvalue weighted by molar-refractivity contribution is -0.118. The van der Waals surface area contributed by atoms with Crippen LogP contribution in [-0.2, 0) is 16.0 Å². The molecule has 7 aromatic heterocycles. The summed E-state index contributed by atoms with van der Waals surface area (Å²) in [4.78, 5) is 52.5. The van der Waals surface area contributed by atoms with Crippen LogP contribution in [-0.4, -0.2) is 45.9 Å². The number of fused-ring (bicyclic) bond motifs is 1. The van der Waals surface area contributed by atoms with Crippen molar-refractivity contribution in [2.75, 3.05) is 5.73 Å². The first-order valence-corrected chi connectivity index (χ1v) is 23.0. The molecule has 1 unspecified atom stereocenters. The number of imidazole rings is 1. The molecule has 14 heteroatoms. The van der Waals surface area contributed by atoms with Crippen molar-refractivity contribution in [1.29, 1.82) is 0 Å². The molecule has 0 saturated carbocycles. The van der Waals surface area contributed by atoms with Gasteiger partial charge in [0, 0.05) is 31.9 Å². The van der Waals surface area contributed by atoms with Gasteiger partial charge >= 0.3 is 0 Å². The quantitative estimate of drug-likeness (QED) is 0.179. The lowest BCUT2D eigenvalue weighted by atomic mass is 10.1. The predicted octanol–water partition coefficient (Wildman–Crippen LogP) is 12.5. The number of rotatable bonds is 5. The normalized spacial score (nSPS) is 10.3. The molecule has 320 valence electrons. The van der Waals surface area contributed by atoms with Gasteiger partial charge in [0.05, 0.1) is 45.8 Å². The predicted molar refractivity (Wildman–Crippen MR) is 255 cm³/mol. The fourth-order valence-electron chi connectivity index (χ4n) is 4.64. The molecule has 0 amide bonds. The van der Waals surface area contributed by atoms with Crippen LogP contribution in [0.15, 0.2) is 48.8 Å². The third kappa shape index (κ3) is 17.3. The summed E-state index contributed by atoms with van der Waals surface area (Å²) in [5.74, 6) is 0.896. The number of aryl methyl sites for hydroxylation is 10. The van der Waals surface area contributed by atoms with Gasteiger partial charge in [-0.3, -0.25) is 14.0 Å². The van der Waals surface area contributed by atoms with E-state index in [9.17, 15) is 9.59 Å². The van der Waals surface area contributed by atoms with Gasteiger partial charge in [-0.1, -0.05) is 39.8 Å². The summed E-state index contributed by atoms with van der Waals surface area (Å²) in [6.45, 7) is 33.5. The van der Waals surface area contributed by atoms with E-state index in [1.54, 1.807) is 71.5 Å². The molecule has 0 aromatic carbocycles. The molecule has 2 N–H and O–H groups in total. The van der Waals surface area contributed by atoms with E-state index in [0.717, 1.165) is 49.1 Å². The summed E-state index contributed by atoms with van der Waals surface area (Å²) in [6.07, 6.45) is 4.19. The van der Waals surface area contributed by atoms with Crippen LogP contribution >= 0.6 is 45.3 Å². The Balaban J connectivity index is 0.000000373. The van der Waals surface area contributed by atoms with Crippen molar-refractivity contribution in [3.8, 4) is 10.7 Å². The van der Waals surface area contributed by atoms with Gasteiger partial charge in [0.15, 0.2) is 0 Å². The van der Waals surface area contributed by atoms with Gasteiger partial charge in [-0.05, 0) is 114 Å². The van der Waals surface area contributed by atoms with Crippen LogP contribution in [0.1, 0.15) is 117 Å². The number of ketones is 2. The molecule has 0 saturated heterocycles. The number of hydrogen-bond acceptors (Lipinski definition) is 13.